The highest BCUT2D eigenvalue weighted by molar-refractivity contribution is 5.87. The molecule has 0 saturated heterocycles. The minimum absolute atomic E-state index is 0.0197. The van der Waals surface area contributed by atoms with Crippen LogP contribution in [0.3, 0.4) is 0 Å². The highest BCUT2D eigenvalue weighted by atomic mass is 19.4. The van der Waals surface area contributed by atoms with Crippen LogP contribution in [0.1, 0.15) is 16.8 Å². The number of halogens is 6. The molecule has 0 radical (unpaired) electrons. The summed E-state index contributed by atoms with van der Waals surface area (Å²) in [5.74, 6) is -0.0379. The first-order valence-electron chi connectivity index (χ1n) is 8.36. The van der Waals surface area contributed by atoms with Crippen LogP contribution >= 0.6 is 0 Å². The molecule has 0 aliphatic carbocycles. The van der Waals surface area contributed by atoms with Crippen LogP contribution in [0.25, 0.3) is 28.3 Å². The molecule has 4 aromatic rings. The SMILES string of the molecule is CN(C)Cc1cc2nc(-c3nnco3)cn2c2nc(C(F)(F)F)cc(C(F)(F)F)c12. The van der Waals surface area contributed by atoms with Gasteiger partial charge < -0.3 is 9.32 Å². The molecule has 0 aliphatic rings. The van der Waals surface area contributed by atoms with Crippen molar-refractivity contribution in [3.63, 3.8) is 0 Å². The fourth-order valence-electron chi connectivity index (χ4n) is 3.14. The number of hydrogen-bond donors (Lipinski definition) is 0. The second-order valence-electron chi connectivity index (χ2n) is 6.75. The Labute approximate surface area is 164 Å². The predicted molar refractivity (Wildman–Crippen MR) is 91.2 cm³/mol. The van der Waals surface area contributed by atoms with Crippen LogP contribution in [0.15, 0.2) is 29.1 Å². The smallest absolute Gasteiger partial charge is 0.422 e. The van der Waals surface area contributed by atoms with Gasteiger partial charge in [0.15, 0.2) is 0 Å². The zero-order chi connectivity index (χ0) is 21.8. The topological polar surface area (TPSA) is 72.4 Å². The fourth-order valence-corrected chi connectivity index (χ4v) is 3.14. The van der Waals surface area contributed by atoms with Crippen LogP contribution in [0.2, 0.25) is 0 Å². The molecule has 0 aromatic carbocycles. The third-order valence-electron chi connectivity index (χ3n) is 4.25. The summed E-state index contributed by atoms with van der Waals surface area (Å²) >= 11 is 0. The summed E-state index contributed by atoms with van der Waals surface area (Å²) in [6.45, 7) is 0.0197. The van der Waals surface area contributed by atoms with E-state index in [4.69, 9.17) is 4.42 Å². The van der Waals surface area contributed by atoms with Crippen molar-refractivity contribution in [1.29, 1.82) is 0 Å². The van der Waals surface area contributed by atoms with E-state index in [0.717, 1.165) is 10.8 Å². The Hall–Kier alpha value is -3.22. The maximum atomic E-state index is 13.8. The number of pyridine rings is 2. The molecule has 13 heteroatoms. The Kier molecular flexibility index (Phi) is 4.45. The van der Waals surface area contributed by atoms with Crippen molar-refractivity contribution in [3.05, 3.63) is 41.5 Å². The highest BCUT2D eigenvalue weighted by Gasteiger charge is 2.40. The molecule has 7 nitrogen and oxygen atoms in total. The minimum Gasteiger partial charge on any atom is -0.422 e. The van der Waals surface area contributed by atoms with E-state index in [1.807, 2.05) is 0 Å². The molecule has 0 saturated carbocycles. The largest absolute Gasteiger partial charge is 0.433 e. The van der Waals surface area contributed by atoms with Crippen LogP contribution in [0, 0.1) is 0 Å². The zero-order valence-electron chi connectivity index (χ0n) is 15.4. The zero-order valence-corrected chi connectivity index (χ0v) is 15.4. The molecule has 0 atom stereocenters. The summed E-state index contributed by atoms with van der Waals surface area (Å²) in [6.07, 6.45) is -7.88. The van der Waals surface area contributed by atoms with Crippen molar-refractivity contribution in [3.8, 4) is 11.6 Å². The van der Waals surface area contributed by atoms with Gasteiger partial charge in [-0.15, -0.1) is 10.2 Å². The molecular formula is C17H12F6N6O. The molecule has 0 spiro atoms. The lowest BCUT2D eigenvalue weighted by atomic mass is 10.0. The minimum atomic E-state index is -5.08. The Morgan fingerprint density at radius 2 is 1.77 bits per heavy atom. The number of hydrogen-bond acceptors (Lipinski definition) is 6. The van der Waals surface area contributed by atoms with Crippen molar-refractivity contribution in [2.45, 2.75) is 18.9 Å². The van der Waals surface area contributed by atoms with Gasteiger partial charge in [0.05, 0.1) is 5.56 Å². The first-order valence-corrected chi connectivity index (χ1v) is 8.36. The van der Waals surface area contributed by atoms with E-state index in [1.165, 1.54) is 12.3 Å². The van der Waals surface area contributed by atoms with Crippen LogP contribution in [0.5, 0.6) is 0 Å². The standard InChI is InChI=1S/C17H12F6N6O/c1-28(2)5-8-3-12-25-10(15-27-24-7-30-15)6-29(12)14-13(8)9(16(18,19)20)4-11(26-14)17(21,22)23/h3-4,6-7H,5H2,1-2H3. The number of nitrogens with zero attached hydrogens (tertiary/aromatic N) is 6. The summed E-state index contributed by atoms with van der Waals surface area (Å²) < 4.78 is 87.4. The number of aromatic nitrogens is 5. The average molecular weight is 430 g/mol. The normalized spacial score (nSPS) is 13.1. The molecule has 30 heavy (non-hydrogen) atoms. The Morgan fingerprint density at radius 3 is 2.33 bits per heavy atom. The van der Waals surface area contributed by atoms with Crippen LogP contribution in [0.4, 0.5) is 26.3 Å². The summed E-state index contributed by atoms with van der Waals surface area (Å²) in [6, 6.07) is 1.40. The third kappa shape index (κ3) is 3.44. The maximum Gasteiger partial charge on any atom is 0.433 e. The van der Waals surface area contributed by atoms with Crippen LogP contribution in [-0.2, 0) is 18.9 Å². The maximum absolute atomic E-state index is 13.8. The molecular weight excluding hydrogens is 418 g/mol. The predicted octanol–water partition coefficient (Wildman–Crippen LogP) is 4.03. The van der Waals surface area contributed by atoms with Crippen molar-refractivity contribution < 1.29 is 30.8 Å². The van der Waals surface area contributed by atoms with Gasteiger partial charge in [0.2, 0.25) is 6.39 Å². The van der Waals surface area contributed by atoms with Crippen LogP contribution < -0.4 is 0 Å². The first kappa shape index (κ1) is 20.1. The molecule has 0 aliphatic heterocycles. The van der Waals surface area contributed by atoms with Gasteiger partial charge in [-0.3, -0.25) is 4.40 Å². The highest BCUT2D eigenvalue weighted by Crippen LogP contribution is 2.40. The average Bonchev–Trinajstić information content (AvgIpc) is 3.28. The van der Waals surface area contributed by atoms with Crippen LogP contribution in [-0.4, -0.2) is 43.6 Å². The van der Waals surface area contributed by atoms with Gasteiger partial charge >= 0.3 is 12.4 Å². The number of rotatable bonds is 3. The molecule has 0 bridgehead atoms. The first-order chi connectivity index (χ1) is 13.9. The van der Waals surface area contributed by atoms with Gasteiger partial charge in [0.1, 0.15) is 22.7 Å². The van der Waals surface area contributed by atoms with E-state index in [1.54, 1.807) is 19.0 Å². The molecule has 4 rings (SSSR count). The van der Waals surface area contributed by atoms with E-state index in [0.29, 0.717) is 0 Å². The lowest BCUT2D eigenvalue weighted by Gasteiger charge is -2.19. The van der Waals surface area contributed by atoms with E-state index in [-0.39, 0.29) is 35.4 Å². The molecule has 0 N–H and O–H groups in total. The second-order valence-corrected chi connectivity index (χ2v) is 6.75. The lowest BCUT2D eigenvalue weighted by molar-refractivity contribution is -0.144. The van der Waals surface area contributed by atoms with E-state index < -0.39 is 34.6 Å². The summed E-state index contributed by atoms with van der Waals surface area (Å²) in [7, 11) is 3.24. The van der Waals surface area contributed by atoms with Crippen molar-refractivity contribution in [2.75, 3.05) is 14.1 Å². The third-order valence-corrected chi connectivity index (χ3v) is 4.25. The molecule has 0 amide bonds. The lowest BCUT2D eigenvalue weighted by Crippen LogP contribution is -2.17. The van der Waals surface area contributed by atoms with Gasteiger partial charge in [-0.05, 0) is 31.8 Å². The van der Waals surface area contributed by atoms with Gasteiger partial charge in [0, 0.05) is 18.1 Å². The van der Waals surface area contributed by atoms with Crippen molar-refractivity contribution in [1.82, 2.24) is 29.5 Å². The summed E-state index contributed by atoms with van der Waals surface area (Å²) in [5.41, 5.74) is -3.30. The quantitative estimate of drug-likeness (QED) is 0.457. The number of imidazole rings is 1. The van der Waals surface area contributed by atoms with Crippen molar-refractivity contribution in [2.24, 2.45) is 0 Å². The van der Waals surface area contributed by atoms with Gasteiger partial charge in [-0.1, -0.05) is 0 Å². The van der Waals surface area contributed by atoms with E-state index >= 15 is 0 Å². The van der Waals surface area contributed by atoms with Gasteiger partial charge in [-0.25, -0.2) is 9.97 Å². The molecule has 0 fully saturated rings. The number of alkyl halides is 6. The Balaban J connectivity index is 2.16. The molecule has 158 valence electrons. The summed E-state index contributed by atoms with van der Waals surface area (Å²) in [4.78, 5) is 9.32. The van der Waals surface area contributed by atoms with Gasteiger partial charge in [-0.2, -0.15) is 26.3 Å². The Morgan fingerprint density at radius 1 is 1.03 bits per heavy atom. The fraction of sp³-hybridized carbons (Fsp3) is 0.294. The molecule has 4 heterocycles. The van der Waals surface area contributed by atoms with E-state index in [2.05, 4.69) is 20.2 Å². The van der Waals surface area contributed by atoms with Gasteiger partial charge in [0.25, 0.3) is 5.89 Å². The monoisotopic (exact) mass is 430 g/mol. The number of fused-ring (bicyclic) bond motifs is 3. The Bertz CT molecular complexity index is 1230. The van der Waals surface area contributed by atoms with E-state index in [9.17, 15) is 26.3 Å². The van der Waals surface area contributed by atoms with Crippen molar-refractivity contribution >= 4 is 16.7 Å². The summed E-state index contributed by atoms with van der Waals surface area (Å²) in [5, 5.41) is 6.72. The molecule has 4 aromatic heterocycles. The molecule has 0 unspecified atom stereocenters. The second kappa shape index (κ2) is 6.65.